The molecule has 2 heteroatoms. The summed E-state index contributed by atoms with van der Waals surface area (Å²) in [5.41, 5.74) is 1.83. The summed E-state index contributed by atoms with van der Waals surface area (Å²) in [4.78, 5) is 0. The van der Waals surface area contributed by atoms with E-state index in [9.17, 15) is 5.11 Å². The molecular weight excluding hydrogens is 272 g/mol. The van der Waals surface area contributed by atoms with Gasteiger partial charge in [-0.05, 0) is 28.5 Å². The van der Waals surface area contributed by atoms with Crippen LogP contribution in [0.5, 0.6) is 5.75 Å². The zero-order chi connectivity index (χ0) is 15.4. The van der Waals surface area contributed by atoms with E-state index in [0.717, 1.165) is 21.9 Å². The fraction of sp³-hybridized carbons (Fsp3) is 0.100. The maximum atomic E-state index is 10.5. The van der Waals surface area contributed by atoms with Crippen molar-refractivity contribution in [1.29, 1.82) is 0 Å². The fourth-order valence-corrected chi connectivity index (χ4v) is 2.52. The number of aliphatic hydroxyl groups excluding tert-OH is 1. The highest BCUT2D eigenvalue weighted by molar-refractivity contribution is 5.85. The van der Waals surface area contributed by atoms with Crippen LogP contribution < -0.4 is 4.74 Å². The second kappa shape index (κ2) is 6.46. The molecule has 3 rings (SSSR count). The Balaban J connectivity index is 1.95. The standard InChI is InChI=1S/C20H18O2/c1-22-20-14-17-10-6-5-9-16(17)13-18(20)19(21)12-11-15-7-3-2-4-8-15/h2-14,19,21H,1H3/b12-11+/t19-/m1/s1. The average molecular weight is 290 g/mol. The molecule has 0 aliphatic carbocycles. The number of methoxy groups -OCH3 is 1. The number of hydrogen-bond donors (Lipinski definition) is 1. The van der Waals surface area contributed by atoms with Gasteiger partial charge in [0.05, 0.1) is 7.11 Å². The van der Waals surface area contributed by atoms with Crippen LogP contribution in [0.3, 0.4) is 0 Å². The van der Waals surface area contributed by atoms with Crippen molar-refractivity contribution in [3.63, 3.8) is 0 Å². The molecule has 1 N–H and O–H groups in total. The molecule has 0 heterocycles. The summed E-state index contributed by atoms with van der Waals surface area (Å²) in [6.45, 7) is 0. The van der Waals surface area contributed by atoms with Crippen LogP contribution in [-0.2, 0) is 0 Å². The highest BCUT2D eigenvalue weighted by Gasteiger charge is 2.12. The van der Waals surface area contributed by atoms with Gasteiger partial charge in [0, 0.05) is 5.56 Å². The zero-order valence-corrected chi connectivity index (χ0v) is 12.4. The predicted octanol–water partition coefficient (Wildman–Crippen LogP) is 4.60. The lowest BCUT2D eigenvalue weighted by Gasteiger charge is -2.13. The van der Waals surface area contributed by atoms with Crippen molar-refractivity contribution < 1.29 is 9.84 Å². The van der Waals surface area contributed by atoms with Crippen molar-refractivity contribution in [2.24, 2.45) is 0 Å². The van der Waals surface area contributed by atoms with Crippen molar-refractivity contribution in [3.8, 4) is 5.75 Å². The number of aliphatic hydroxyl groups is 1. The van der Waals surface area contributed by atoms with E-state index < -0.39 is 6.10 Å². The van der Waals surface area contributed by atoms with Crippen LogP contribution in [0.4, 0.5) is 0 Å². The predicted molar refractivity (Wildman–Crippen MR) is 90.9 cm³/mol. The van der Waals surface area contributed by atoms with Crippen LogP contribution in [-0.4, -0.2) is 12.2 Å². The molecule has 2 nitrogen and oxygen atoms in total. The van der Waals surface area contributed by atoms with E-state index in [1.807, 2.05) is 72.8 Å². The molecule has 0 saturated carbocycles. The molecular formula is C20H18O2. The normalized spacial score (nSPS) is 12.6. The van der Waals surface area contributed by atoms with E-state index in [4.69, 9.17) is 4.74 Å². The molecule has 110 valence electrons. The summed E-state index contributed by atoms with van der Waals surface area (Å²) in [6, 6.07) is 21.9. The van der Waals surface area contributed by atoms with Gasteiger partial charge >= 0.3 is 0 Å². The zero-order valence-electron chi connectivity index (χ0n) is 12.4. The summed E-state index contributed by atoms with van der Waals surface area (Å²) in [5, 5.41) is 12.7. The molecule has 3 aromatic carbocycles. The number of benzene rings is 3. The van der Waals surface area contributed by atoms with Gasteiger partial charge in [-0.25, -0.2) is 0 Å². The molecule has 1 atom stereocenters. The maximum absolute atomic E-state index is 10.5. The smallest absolute Gasteiger partial charge is 0.125 e. The summed E-state index contributed by atoms with van der Waals surface area (Å²) in [5.74, 6) is 0.698. The molecule has 0 aromatic heterocycles. The Kier molecular flexibility index (Phi) is 4.22. The molecule has 0 aliphatic heterocycles. The maximum Gasteiger partial charge on any atom is 0.125 e. The molecule has 0 amide bonds. The first kappa shape index (κ1) is 14.4. The van der Waals surface area contributed by atoms with Crippen molar-refractivity contribution in [2.75, 3.05) is 7.11 Å². The Bertz CT molecular complexity index is 791. The molecule has 0 aliphatic rings. The van der Waals surface area contributed by atoms with E-state index in [0.29, 0.717) is 5.75 Å². The number of fused-ring (bicyclic) bond motifs is 1. The number of hydrogen-bond acceptors (Lipinski definition) is 2. The third kappa shape index (κ3) is 3.02. The highest BCUT2D eigenvalue weighted by atomic mass is 16.5. The second-order valence-electron chi connectivity index (χ2n) is 5.16. The largest absolute Gasteiger partial charge is 0.496 e. The van der Waals surface area contributed by atoms with Crippen LogP contribution >= 0.6 is 0 Å². The van der Waals surface area contributed by atoms with Gasteiger partial charge < -0.3 is 9.84 Å². The lowest BCUT2D eigenvalue weighted by molar-refractivity contribution is 0.224. The minimum absolute atomic E-state index is 0.698. The van der Waals surface area contributed by atoms with Gasteiger partial charge in [0.2, 0.25) is 0 Å². The topological polar surface area (TPSA) is 29.5 Å². The Labute approximate surface area is 130 Å². The van der Waals surface area contributed by atoms with E-state index in [1.54, 1.807) is 13.2 Å². The van der Waals surface area contributed by atoms with E-state index in [1.165, 1.54) is 0 Å². The summed E-state index contributed by atoms with van der Waals surface area (Å²) < 4.78 is 5.43. The highest BCUT2D eigenvalue weighted by Crippen LogP contribution is 2.31. The van der Waals surface area contributed by atoms with Crippen molar-refractivity contribution in [3.05, 3.63) is 83.9 Å². The van der Waals surface area contributed by atoms with Crippen LogP contribution in [0.25, 0.3) is 16.8 Å². The van der Waals surface area contributed by atoms with Crippen LogP contribution in [0, 0.1) is 0 Å². The Hall–Kier alpha value is -2.58. The first-order valence-electron chi connectivity index (χ1n) is 7.26. The monoisotopic (exact) mass is 290 g/mol. The fourth-order valence-electron chi connectivity index (χ4n) is 2.52. The quantitative estimate of drug-likeness (QED) is 0.761. The third-order valence-electron chi connectivity index (χ3n) is 3.69. The summed E-state index contributed by atoms with van der Waals surface area (Å²) in [6.07, 6.45) is 2.99. The molecule has 0 fully saturated rings. The van der Waals surface area contributed by atoms with Gasteiger partial charge in [-0.1, -0.05) is 66.7 Å². The minimum atomic E-state index is -0.709. The van der Waals surface area contributed by atoms with E-state index in [-0.39, 0.29) is 0 Å². The number of ether oxygens (including phenoxy) is 1. The van der Waals surface area contributed by atoms with E-state index in [2.05, 4.69) is 0 Å². The van der Waals surface area contributed by atoms with Crippen LogP contribution in [0.2, 0.25) is 0 Å². The van der Waals surface area contributed by atoms with Gasteiger partial charge in [-0.3, -0.25) is 0 Å². The molecule has 0 bridgehead atoms. The van der Waals surface area contributed by atoms with Crippen LogP contribution in [0.1, 0.15) is 17.2 Å². The van der Waals surface area contributed by atoms with Gasteiger partial charge in [-0.15, -0.1) is 0 Å². The minimum Gasteiger partial charge on any atom is -0.496 e. The summed E-state index contributed by atoms with van der Waals surface area (Å²) in [7, 11) is 1.63. The summed E-state index contributed by atoms with van der Waals surface area (Å²) >= 11 is 0. The molecule has 0 spiro atoms. The van der Waals surface area contributed by atoms with Crippen molar-refractivity contribution in [1.82, 2.24) is 0 Å². The van der Waals surface area contributed by atoms with Crippen molar-refractivity contribution >= 4 is 16.8 Å². The first-order chi connectivity index (χ1) is 10.8. The first-order valence-corrected chi connectivity index (χ1v) is 7.26. The lowest BCUT2D eigenvalue weighted by Crippen LogP contribution is -1.98. The van der Waals surface area contributed by atoms with Crippen LogP contribution in [0.15, 0.2) is 72.8 Å². The Morgan fingerprint density at radius 1 is 0.909 bits per heavy atom. The Morgan fingerprint density at radius 2 is 1.55 bits per heavy atom. The third-order valence-corrected chi connectivity index (χ3v) is 3.69. The molecule has 0 saturated heterocycles. The lowest BCUT2D eigenvalue weighted by atomic mass is 10.0. The molecule has 0 unspecified atom stereocenters. The average Bonchev–Trinajstić information content (AvgIpc) is 2.59. The van der Waals surface area contributed by atoms with Crippen molar-refractivity contribution in [2.45, 2.75) is 6.10 Å². The SMILES string of the molecule is COc1cc2ccccc2cc1[C@H](O)/C=C/c1ccccc1. The van der Waals surface area contributed by atoms with Gasteiger partial charge in [0.15, 0.2) is 0 Å². The Morgan fingerprint density at radius 3 is 2.23 bits per heavy atom. The van der Waals surface area contributed by atoms with E-state index >= 15 is 0 Å². The second-order valence-corrected chi connectivity index (χ2v) is 5.16. The van der Waals surface area contributed by atoms with Gasteiger partial charge in [0.1, 0.15) is 11.9 Å². The molecule has 0 radical (unpaired) electrons. The molecule has 3 aromatic rings. The van der Waals surface area contributed by atoms with Gasteiger partial charge in [0.25, 0.3) is 0 Å². The molecule has 22 heavy (non-hydrogen) atoms. The van der Waals surface area contributed by atoms with Gasteiger partial charge in [-0.2, -0.15) is 0 Å². The number of rotatable bonds is 4.